The lowest BCUT2D eigenvalue weighted by Gasteiger charge is -2.21. The van der Waals surface area contributed by atoms with Crippen molar-refractivity contribution in [2.75, 3.05) is 31.2 Å². The molecule has 94 valence electrons. The Bertz CT molecular complexity index is 369. The zero-order valence-corrected chi connectivity index (χ0v) is 9.93. The molecule has 0 radical (unpaired) electrons. The molecule has 0 aliphatic rings. The van der Waals surface area contributed by atoms with Crippen molar-refractivity contribution >= 4 is 11.6 Å². The minimum Gasteiger partial charge on any atom is -0.508 e. The van der Waals surface area contributed by atoms with E-state index < -0.39 is 0 Å². The lowest BCUT2D eigenvalue weighted by molar-refractivity contribution is -0.122. The minimum atomic E-state index is -0.147. The van der Waals surface area contributed by atoms with E-state index >= 15 is 0 Å². The number of phenols is 1. The highest BCUT2D eigenvalue weighted by Crippen LogP contribution is 2.19. The minimum absolute atomic E-state index is 0.000691. The van der Waals surface area contributed by atoms with Gasteiger partial charge in [-0.3, -0.25) is 4.79 Å². The molecule has 0 aliphatic carbocycles. The predicted molar refractivity (Wildman–Crippen MR) is 66.0 cm³/mol. The number of rotatable bonds is 6. The van der Waals surface area contributed by atoms with E-state index in [1.165, 1.54) is 0 Å². The normalized spacial score (nSPS) is 10.2. The van der Waals surface area contributed by atoms with Crippen molar-refractivity contribution < 1.29 is 14.6 Å². The Morgan fingerprint density at radius 3 is 2.88 bits per heavy atom. The van der Waals surface area contributed by atoms with Crippen LogP contribution in [0.3, 0.4) is 0 Å². The third kappa shape index (κ3) is 4.05. The van der Waals surface area contributed by atoms with E-state index in [9.17, 15) is 9.90 Å². The molecule has 0 spiro atoms. The second-order valence-electron chi connectivity index (χ2n) is 3.50. The van der Waals surface area contributed by atoms with E-state index in [2.05, 4.69) is 0 Å². The Hall–Kier alpha value is -1.59. The highest BCUT2D eigenvalue weighted by atomic mass is 16.5. The fourth-order valence-corrected chi connectivity index (χ4v) is 1.48. The largest absolute Gasteiger partial charge is 0.508 e. The first kappa shape index (κ1) is 13.5. The van der Waals surface area contributed by atoms with Crippen molar-refractivity contribution in [2.45, 2.75) is 6.92 Å². The second-order valence-corrected chi connectivity index (χ2v) is 3.50. The summed E-state index contributed by atoms with van der Waals surface area (Å²) in [5.41, 5.74) is 5.93. The molecule has 0 heterocycles. The van der Waals surface area contributed by atoms with Gasteiger partial charge in [0, 0.05) is 24.8 Å². The summed E-state index contributed by atoms with van der Waals surface area (Å²) < 4.78 is 5.10. The average Bonchev–Trinajstić information content (AvgIpc) is 2.30. The maximum Gasteiger partial charge on any atom is 0.252 e. The van der Waals surface area contributed by atoms with Crippen LogP contribution in [0.1, 0.15) is 6.92 Å². The summed E-state index contributed by atoms with van der Waals surface area (Å²) in [7, 11) is 0. The Labute approximate surface area is 101 Å². The highest BCUT2D eigenvalue weighted by Gasteiger charge is 2.13. The molecule has 1 rings (SSSR count). The van der Waals surface area contributed by atoms with E-state index in [0.717, 1.165) is 0 Å². The Morgan fingerprint density at radius 2 is 2.29 bits per heavy atom. The van der Waals surface area contributed by atoms with Crippen molar-refractivity contribution in [2.24, 2.45) is 5.73 Å². The van der Waals surface area contributed by atoms with Gasteiger partial charge in [0.25, 0.3) is 5.91 Å². The number of anilines is 1. The van der Waals surface area contributed by atoms with Gasteiger partial charge in [-0.2, -0.15) is 0 Å². The number of likely N-dealkylation sites (N-methyl/N-ethyl adjacent to an activating group) is 1. The number of ether oxygens (including phenoxy) is 1. The molecular weight excluding hydrogens is 220 g/mol. The van der Waals surface area contributed by atoms with Crippen LogP contribution < -0.4 is 10.6 Å². The molecule has 3 N–H and O–H groups in total. The van der Waals surface area contributed by atoms with E-state index in [4.69, 9.17) is 10.5 Å². The quantitative estimate of drug-likeness (QED) is 0.716. The number of carbonyl (C=O) groups excluding carboxylic acids is 1. The summed E-state index contributed by atoms with van der Waals surface area (Å²) >= 11 is 0. The van der Waals surface area contributed by atoms with Crippen LogP contribution in [0, 0.1) is 0 Å². The summed E-state index contributed by atoms with van der Waals surface area (Å²) in [5.74, 6) is -0.0109. The van der Waals surface area contributed by atoms with Crippen LogP contribution in [0.4, 0.5) is 5.69 Å². The van der Waals surface area contributed by atoms with Gasteiger partial charge in [0.15, 0.2) is 0 Å². The highest BCUT2D eigenvalue weighted by molar-refractivity contribution is 5.94. The van der Waals surface area contributed by atoms with Crippen LogP contribution in [-0.2, 0) is 9.53 Å². The predicted octanol–water partition coefficient (Wildman–Crippen LogP) is 0.720. The number of nitrogens with two attached hydrogens (primary N) is 1. The first-order chi connectivity index (χ1) is 8.19. The smallest absolute Gasteiger partial charge is 0.252 e. The lowest BCUT2D eigenvalue weighted by Crippen LogP contribution is -2.34. The Morgan fingerprint density at radius 1 is 1.53 bits per heavy atom. The average molecular weight is 238 g/mol. The van der Waals surface area contributed by atoms with Crippen molar-refractivity contribution in [1.29, 1.82) is 0 Å². The maximum absolute atomic E-state index is 11.8. The van der Waals surface area contributed by atoms with Gasteiger partial charge in [0.1, 0.15) is 12.4 Å². The standard InChI is InChI=1S/C12H18N2O3/c1-2-14(12(16)9-17-7-6-13)10-4-3-5-11(15)8-10/h3-5,8,15H,2,6-7,9,13H2,1H3. The number of nitrogens with zero attached hydrogens (tertiary/aromatic N) is 1. The Kier molecular flexibility index (Phi) is 5.45. The number of hydrogen-bond acceptors (Lipinski definition) is 4. The molecule has 5 heteroatoms. The maximum atomic E-state index is 11.8. The first-order valence-electron chi connectivity index (χ1n) is 5.56. The number of amides is 1. The number of hydrogen-bond donors (Lipinski definition) is 2. The van der Waals surface area contributed by atoms with Gasteiger partial charge in [0.2, 0.25) is 0 Å². The molecule has 0 saturated carbocycles. The number of aromatic hydroxyl groups is 1. The van der Waals surface area contributed by atoms with Crippen molar-refractivity contribution in [3.63, 3.8) is 0 Å². The molecule has 1 aromatic carbocycles. The summed E-state index contributed by atoms with van der Waals surface area (Å²) in [6, 6.07) is 6.57. The monoisotopic (exact) mass is 238 g/mol. The van der Waals surface area contributed by atoms with E-state index in [1.54, 1.807) is 29.2 Å². The summed E-state index contributed by atoms with van der Waals surface area (Å²) in [5, 5.41) is 9.37. The van der Waals surface area contributed by atoms with Gasteiger partial charge in [-0.15, -0.1) is 0 Å². The molecule has 0 aromatic heterocycles. The van der Waals surface area contributed by atoms with E-state index in [-0.39, 0.29) is 18.3 Å². The SMILES string of the molecule is CCN(C(=O)COCCN)c1cccc(O)c1. The zero-order valence-electron chi connectivity index (χ0n) is 9.93. The van der Waals surface area contributed by atoms with Crippen molar-refractivity contribution in [3.05, 3.63) is 24.3 Å². The molecule has 0 fully saturated rings. The topological polar surface area (TPSA) is 75.8 Å². The van der Waals surface area contributed by atoms with Crippen LogP contribution in [0.2, 0.25) is 0 Å². The van der Waals surface area contributed by atoms with Gasteiger partial charge < -0.3 is 20.5 Å². The number of carbonyl (C=O) groups is 1. The second kappa shape index (κ2) is 6.88. The molecule has 5 nitrogen and oxygen atoms in total. The van der Waals surface area contributed by atoms with Gasteiger partial charge in [-0.1, -0.05) is 6.07 Å². The van der Waals surface area contributed by atoms with E-state index in [0.29, 0.717) is 25.4 Å². The summed E-state index contributed by atoms with van der Waals surface area (Å²) in [6.45, 7) is 3.15. The molecular formula is C12H18N2O3. The van der Waals surface area contributed by atoms with Gasteiger partial charge in [-0.25, -0.2) is 0 Å². The molecule has 0 unspecified atom stereocenters. The molecule has 0 atom stereocenters. The molecule has 0 bridgehead atoms. The van der Waals surface area contributed by atoms with Crippen LogP contribution in [-0.4, -0.2) is 37.3 Å². The van der Waals surface area contributed by atoms with Crippen molar-refractivity contribution in [3.8, 4) is 5.75 Å². The summed E-state index contributed by atoms with van der Waals surface area (Å²) in [6.07, 6.45) is 0. The summed E-state index contributed by atoms with van der Waals surface area (Å²) in [4.78, 5) is 13.4. The van der Waals surface area contributed by atoms with Crippen molar-refractivity contribution in [1.82, 2.24) is 0 Å². The number of benzene rings is 1. The first-order valence-corrected chi connectivity index (χ1v) is 5.56. The molecule has 1 amide bonds. The zero-order chi connectivity index (χ0) is 12.7. The molecule has 0 saturated heterocycles. The fourth-order valence-electron chi connectivity index (χ4n) is 1.48. The molecule has 17 heavy (non-hydrogen) atoms. The van der Waals surface area contributed by atoms with E-state index in [1.807, 2.05) is 6.92 Å². The van der Waals surface area contributed by atoms with Crippen LogP contribution >= 0.6 is 0 Å². The van der Waals surface area contributed by atoms with Crippen LogP contribution in [0.5, 0.6) is 5.75 Å². The lowest BCUT2D eigenvalue weighted by atomic mass is 10.2. The Balaban J connectivity index is 2.67. The molecule has 0 aliphatic heterocycles. The van der Waals surface area contributed by atoms with Crippen LogP contribution in [0.15, 0.2) is 24.3 Å². The van der Waals surface area contributed by atoms with Crippen LogP contribution in [0.25, 0.3) is 0 Å². The van der Waals surface area contributed by atoms with Gasteiger partial charge in [0.05, 0.1) is 6.61 Å². The van der Waals surface area contributed by atoms with Gasteiger partial charge >= 0.3 is 0 Å². The fraction of sp³-hybridized carbons (Fsp3) is 0.417. The third-order valence-electron chi connectivity index (χ3n) is 2.25. The third-order valence-corrected chi connectivity index (χ3v) is 2.25. The molecule has 1 aromatic rings. The number of phenolic OH excluding ortho intramolecular Hbond substituents is 1. The van der Waals surface area contributed by atoms with Gasteiger partial charge in [-0.05, 0) is 19.1 Å².